The molecule has 20 heavy (non-hydrogen) atoms. The van der Waals surface area contributed by atoms with E-state index in [1.165, 1.54) is 5.56 Å². The first-order chi connectivity index (χ1) is 9.72. The first-order valence-corrected chi connectivity index (χ1v) is 6.60. The lowest BCUT2D eigenvalue weighted by Gasteiger charge is -2.13. The third-order valence-corrected chi connectivity index (χ3v) is 3.12. The number of aliphatic hydroxyl groups excluding tert-OH is 1. The second kappa shape index (κ2) is 7.02. The van der Waals surface area contributed by atoms with Gasteiger partial charge in [-0.05, 0) is 24.6 Å². The fraction of sp³-hybridized carbons (Fsp3) is 0.429. The Morgan fingerprint density at radius 1 is 1.35 bits per heavy atom. The van der Waals surface area contributed by atoms with E-state index in [-0.39, 0.29) is 12.6 Å². The maximum atomic E-state index is 8.82. The predicted octanol–water partition coefficient (Wildman–Crippen LogP) is 1.13. The molecule has 0 spiro atoms. The largest absolute Gasteiger partial charge is 0.497 e. The number of hydrogen-bond acceptors (Lipinski definition) is 5. The van der Waals surface area contributed by atoms with Gasteiger partial charge in [0.15, 0.2) is 0 Å². The summed E-state index contributed by atoms with van der Waals surface area (Å²) in [5.74, 6) is 0.855. The molecule has 0 saturated heterocycles. The number of benzene rings is 1. The SMILES string of the molecule is COc1ccc([C@H](C)NCc2cn(CCO)nn2)cc1. The van der Waals surface area contributed by atoms with E-state index in [1.54, 1.807) is 11.8 Å². The highest BCUT2D eigenvalue weighted by Gasteiger charge is 2.07. The smallest absolute Gasteiger partial charge is 0.118 e. The van der Waals surface area contributed by atoms with Crippen LogP contribution in [0.3, 0.4) is 0 Å². The number of aromatic nitrogens is 3. The second-order valence-electron chi connectivity index (χ2n) is 4.57. The second-order valence-corrected chi connectivity index (χ2v) is 4.57. The molecule has 0 saturated carbocycles. The maximum Gasteiger partial charge on any atom is 0.118 e. The summed E-state index contributed by atoms with van der Waals surface area (Å²) < 4.78 is 6.78. The van der Waals surface area contributed by atoms with Gasteiger partial charge < -0.3 is 15.2 Å². The number of nitrogens with one attached hydrogen (secondary N) is 1. The molecule has 0 aliphatic carbocycles. The van der Waals surface area contributed by atoms with E-state index in [0.717, 1.165) is 11.4 Å². The maximum absolute atomic E-state index is 8.82. The predicted molar refractivity (Wildman–Crippen MR) is 75.4 cm³/mol. The Morgan fingerprint density at radius 2 is 2.10 bits per heavy atom. The van der Waals surface area contributed by atoms with Crippen LogP contribution in [0.2, 0.25) is 0 Å². The summed E-state index contributed by atoms with van der Waals surface area (Å²) in [4.78, 5) is 0. The summed E-state index contributed by atoms with van der Waals surface area (Å²) >= 11 is 0. The van der Waals surface area contributed by atoms with E-state index in [4.69, 9.17) is 9.84 Å². The van der Waals surface area contributed by atoms with Gasteiger partial charge in [-0.3, -0.25) is 0 Å². The van der Waals surface area contributed by atoms with Crippen molar-refractivity contribution < 1.29 is 9.84 Å². The van der Waals surface area contributed by atoms with Crippen LogP contribution in [0.1, 0.15) is 24.2 Å². The topological polar surface area (TPSA) is 72.2 Å². The lowest BCUT2D eigenvalue weighted by molar-refractivity contribution is 0.268. The molecule has 1 atom stereocenters. The molecule has 1 aromatic carbocycles. The minimum Gasteiger partial charge on any atom is -0.497 e. The summed E-state index contributed by atoms with van der Waals surface area (Å²) in [6.45, 7) is 3.28. The van der Waals surface area contributed by atoms with Gasteiger partial charge in [0.25, 0.3) is 0 Å². The van der Waals surface area contributed by atoms with E-state index >= 15 is 0 Å². The summed E-state index contributed by atoms with van der Waals surface area (Å²) in [6.07, 6.45) is 1.84. The average molecular weight is 276 g/mol. The average Bonchev–Trinajstić information content (AvgIpc) is 2.93. The van der Waals surface area contributed by atoms with Gasteiger partial charge in [-0.1, -0.05) is 17.3 Å². The molecule has 0 fully saturated rings. The van der Waals surface area contributed by atoms with E-state index in [0.29, 0.717) is 13.1 Å². The molecule has 2 rings (SSSR count). The molecule has 6 nitrogen and oxygen atoms in total. The molecule has 2 N–H and O–H groups in total. The van der Waals surface area contributed by atoms with Crippen molar-refractivity contribution in [2.45, 2.75) is 26.1 Å². The van der Waals surface area contributed by atoms with Gasteiger partial charge in [0, 0.05) is 18.8 Å². The molecule has 2 aromatic rings. The summed E-state index contributed by atoms with van der Waals surface area (Å²) in [6, 6.07) is 8.19. The number of nitrogens with zero attached hydrogens (tertiary/aromatic N) is 3. The third kappa shape index (κ3) is 3.79. The first-order valence-electron chi connectivity index (χ1n) is 6.60. The fourth-order valence-corrected chi connectivity index (χ4v) is 1.90. The Balaban J connectivity index is 1.88. The molecular weight excluding hydrogens is 256 g/mol. The Hall–Kier alpha value is -1.92. The Labute approximate surface area is 118 Å². The standard InChI is InChI=1S/C14H20N4O2/c1-11(12-3-5-14(20-2)6-4-12)15-9-13-10-18(7-8-19)17-16-13/h3-6,10-11,15,19H,7-9H2,1-2H3/t11-/m0/s1. The minimum atomic E-state index is 0.0679. The van der Waals surface area contributed by atoms with Gasteiger partial charge in [0.1, 0.15) is 5.75 Å². The lowest BCUT2D eigenvalue weighted by Crippen LogP contribution is -2.18. The number of ether oxygens (including phenoxy) is 1. The van der Waals surface area contributed by atoms with Gasteiger partial charge in [-0.15, -0.1) is 5.10 Å². The van der Waals surface area contributed by atoms with Crippen LogP contribution in [0.5, 0.6) is 5.75 Å². The van der Waals surface area contributed by atoms with Crippen LogP contribution in [0.15, 0.2) is 30.5 Å². The Bertz CT molecular complexity index is 524. The quantitative estimate of drug-likeness (QED) is 0.793. The van der Waals surface area contributed by atoms with Gasteiger partial charge >= 0.3 is 0 Å². The highest BCUT2D eigenvalue weighted by Crippen LogP contribution is 2.17. The molecule has 0 aliphatic heterocycles. The van der Waals surface area contributed by atoms with E-state index < -0.39 is 0 Å². The van der Waals surface area contributed by atoms with E-state index in [9.17, 15) is 0 Å². The highest BCUT2D eigenvalue weighted by molar-refractivity contribution is 5.28. The van der Waals surface area contributed by atoms with Gasteiger partial charge in [-0.2, -0.15) is 0 Å². The molecule has 0 bridgehead atoms. The molecule has 0 radical (unpaired) electrons. The summed E-state index contributed by atoms with van der Waals surface area (Å²) in [7, 11) is 1.66. The van der Waals surface area contributed by atoms with Crippen molar-refractivity contribution in [1.82, 2.24) is 20.3 Å². The van der Waals surface area contributed by atoms with Crippen molar-refractivity contribution in [3.05, 3.63) is 41.7 Å². The zero-order valence-corrected chi connectivity index (χ0v) is 11.8. The van der Waals surface area contributed by atoms with Crippen LogP contribution in [0.4, 0.5) is 0 Å². The molecule has 0 aliphatic rings. The summed E-state index contributed by atoms with van der Waals surface area (Å²) in [5.41, 5.74) is 2.05. The lowest BCUT2D eigenvalue weighted by atomic mass is 10.1. The van der Waals surface area contributed by atoms with Crippen molar-refractivity contribution in [2.75, 3.05) is 13.7 Å². The van der Waals surface area contributed by atoms with Crippen molar-refractivity contribution in [3.63, 3.8) is 0 Å². The van der Waals surface area contributed by atoms with Crippen LogP contribution < -0.4 is 10.1 Å². The van der Waals surface area contributed by atoms with E-state index in [1.807, 2.05) is 30.5 Å². The van der Waals surface area contributed by atoms with Crippen LogP contribution in [-0.4, -0.2) is 33.8 Å². The zero-order valence-electron chi connectivity index (χ0n) is 11.8. The van der Waals surface area contributed by atoms with Crippen molar-refractivity contribution in [1.29, 1.82) is 0 Å². The molecule has 0 amide bonds. The van der Waals surface area contributed by atoms with Crippen LogP contribution in [0.25, 0.3) is 0 Å². The molecule has 1 aromatic heterocycles. The van der Waals surface area contributed by atoms with Crippen LogP contribution >= 0.6 is 0 Å². The fourth-order valence-electron chi connectivity index (χ4n) is 1.90. The highest BCUT2D eigenvalue weighted by atomic mass is 16.5. The number of methoxy groups -OCH3 is 1. The number of hydrogen-bond donors (Lipinski definition) is 2. The minimum absolute atomic E-state index is 0.0679. The Morgan fingerprint density at radius 3 is 2.75 bits per heavy atom. The monoisotopic (exact) mass is 276 g/mol. The van der Waals surface area contributed by atoms with Crippen molar-refractivity contribution >= 4 is 0 Å². The number of aliphatic hydroxyl groups is 1. The van der Waals surface area contributed by atoms with Gasteiger partial charge in [0.05, 0.1) is 26.0 Å². The molecule has 108 valence electrons. The Kier molecular flexibility index (Phi) is 5.09. The third-order valence-electron chi connectivity index (χ3n) is 3.12. The van der Waals surface area contributed by atoms with Crippen LogP contribution in [0, 0.1) is 0 Å². The zero-order chi connectivity index (χ0) is 14.4. The van der Waals surface area contributed by atoms with Gasteiger partial charge in [0.2, 0.25) is 0 Å². The number of rotatable bonds is 7. The van der Waals surface area contributed by atoms with Crippen LogP contribution in [-0.2, 0) is 13.1 Å². The summed E-state index contributed by atoms with van der Waals surface area (Å²) in [5, 5.41) is 20.2. The molecular formula is C14H20N4O2. The molecule has 6 heteroatoms. The molecule has 1 heterocycles. The van der Waals surface area contributed by atoms with Crippen molar-refractivity contribution in [2.24, 2.45) is 0 Å². The first kappa shape index (κ1) is 14.5. The van der Waals surface area contributed by atoms with E-state index in [2.05, 4.69) is 22.6 Å². The van der Waals surface area contributed by atoms with Gasteiger partial charge in [-0.25, -0.2) is 4.68 Å². The molecule has 0 unspecified atom stereocenters. The normalized spacial score (nSPS) is 12.3. The van der Waals surface area contributed by atoms with Crippen molar-refractivity contribution in [3.8, 4) is 5.75 Å².